The summed E-state index contributed by atoms with van der Waals surface area (Å²) in [6.45, 7) is -1.80. The number of hydrogen-bond donors (Lipinski definition) is 0. The lowest BCUT2D eigenvalue weighted by molar-refractivity contribution is -0.395. The van der Waals surface area contributed by atoms with Gasteiger partial charge in [-0.3, -0.25) is 0 Å². The molecule has 1 aromatic carbocycles. The van der Waals surface area contributed by atoms with Crippen LogP contribution < -0.4 is 4.90 Å². The number of anilines is 1. The zero-order chi connectivity index (χ0) is 25.9. The molecule has 0 atom stereocenters. The van der Waals surface area contributed by atoms with E-state index in [-0.39, 0.29) is 6.92 Å². The van der Waals surface area contributed by atoms with Gasteiger partial charge in [0.25, 0.3) is 0 Å². The first-order valence-electron chi connectivity index (χ1n) is 7.51. The van der Waals surface area contributed by atoms with Crippen LogP contribution >= 0.6 is 0 Å². The predicted octanol–water partition coefficient (Wildman–Crippen LogP) is 7.01. The van der Waals surface area contributed by atoms with Crippen molar-refractivity contribution in [1.29, 1.82) is 0 Å². The first-order chi connectivity index (χ1) is 13.9. The van der Waals surface area contributed by atoms with Crippen LogP contribution in [0.2, 0.25) is 0 Å². The quantitative estimate of drug-likeness (QED) is 0.226. The fourth-order valence-corrected chi connectivity index (χ4v) is 2.26. The van der Waals surface area contributed by atoms with E-state index in [0.717, 1.165) is 0 Å². The summed E-state index contributed by atoms with van der Waals surface area (Å²) in [7, 11) is 0. The van der Waals surface area contributed by atoms with Crippen molar-refractivity contribution in [3.8, 4) is 0 Å². The number of hydrogen-bond acceptors (Lipinski definition) is 1. The Morgan fingerprint density at radius 3 is 1.44 bits per heavy atom. The highest BCUT2D eigenvalue weighted by atomic mass is 19.4. The predicted molar refractivity (Wildman–Crippen MR) is 70.2 cm³/mol. The zero-order valence-corrected chi connectivity index (χ0v) is 14.7. The third kappa shape index (κ3) is 3.88. The van der Waals surface area contributed by atoms with E-state index in [9.17, 15) is 74.6 Å². The molecule has 1 nitrogen and oxygen atoms in total. The van der Waals surface area contributed by atoms with Crippen LogP contribution in [-0.2, 0) is 5.92 Å². The summed E-state index contributed by atoms with van der Waals surface area (Å²) < 4.78 is 223. The minimum atomic E-state index is -7.56. The average Bonchev–Trinajstić information content (AvgIpc) is 2.57. The van der Waals surface area contributed by atoms with Crippen LogP contribution in [0, 0.1) is 17.5 Å². The molecule has 0 unspecified atom stereocenters. The topological polar surface area (TPSA) is 3.24 Å². The third-order valence-corrected chi connectivity index (χ3v) is 3.88. The van der Waals surface area contributed by atoms with Crippen LogP contribution in [0.15, 0.2) is 6.07 Å². The molecule has 32 heavy (non-hydrogen) atoms. The second kappa shape index (κ2) is 7.71. The second-order valence-corrected chi connectivity index (χ2v) is 5.88. The molecule has 0 aliphatic rings. The van der Waals surface area contributed by atoms with Crippen molar-refractivity contribution in [3.63, 3.8) is 0 Å². The molecule has 0 saturated heterocycles. The van der Waals surface area contributed by atoms with Gasteiger partial charge in [0, 0.05) is 12.6 Å². The Hall–Kier alpha value is -2.17. The van der Waals surface area contributed by atoms with Crippen molar-refractivity contribution >= 4 is 5.69 Å². The standard InChI is InChI=1S/C14H6F17N/c1-2-32(14(30,31)11(22,23)10(20,21)13(27,28)29)5-3-4(15)7(16)6(8(5)17)9(18,19)12(24,25)26/h3H,2H2,1H3. The number of halogens is 17. The summed E-state index contributed by atoms with van der Waals surface area (Å²) in [5.74, 6) is -31.5. The van der Waals surface area contributed by atoms with Gasteiger partial charge in [-0.1, -0.05) is 0 Å². The Bertz CT molecular complexity index is 850. The molecule has 0 N–H and O–H groups in total. The van der Waals surface area contributed by atoms with E-state index in [2.05, 4.69) is 0 Å². The zero-order valence-electron chi connectivity index (χ0n) is 14.7. The molecule has 0 spiro atoms. The van der Waals surface area contributed by atoms with Crippen LogP contribution in [0.3, 0.4) is 0 Å². The Labute approximate surface area is 165 Å². The number of alkyl halides is 14. The molecule has 1 aromatic rings. The lowest BCUT2D eigenvalue weighted by Gasteiger charge is -2.40. The van der Waals surface area contributed by atoms with Crippen molar-refractivity contribution in [3.05, 3.63) is 29.1 Å². The largest absolute Gasteiger partial charge is 0.460 e. The highest BCUT2D eigenvalue weighted by Gasteiger charge is 2.83. The maximum atomic E-state index is 14.2. The van der Waals surface area contributed by atoms with Gasteiger partial charge >= 0.3 is 36.2 Å². The molecule has 0 fully saturated rings. The lowest BCUT2D eigenvalue weighted by Crippen LogP contribution is -2.66. The van der Waals surface area contributed by atoms with Gasteiger partial charge in [0.2, 0.25) is 0 Å². The summed E-state index contributed by atoms with van der Waals surface area (Å²) in [5, 5.41) is 0. The van der Waals surface area contributed by atoms with Gasteiger partial charge in [0.15, 0.2) is 17.5 Å². The molecular formula is C14H6F17N. The van der Waals surface area contributed by atoms with Crippen LogP contribution in [0.5, 0.6) is 0 Å². The van der Waals surface area contributed by atoms with Gasteiger partial charge in [0.1, 0.15) is 5.56 Å². The van der Waals surface area contributed by atoms with Gasteiger partial charge in [0.05, 0.1) is 5.69 Å². The van der Waals surface area contributed by atoms with Gasteiger partial charge in [-0.25, -0.2) is 13.2 Å². The molecule has 0 amide bonds. The summed E-state index contributed by atoms with van der Waals surface area (Å²) in [6, 6.07) is -7.89. The Morgan fingerprint density at radius 2 is 1.09 bits per heavy atom. The van der Waals surface area contributed by atoms with Gasteiger partial charge in [-0.05, 0) is 6.92 Å². The highest BCUT2D eigenvalue weighted by Crippen LogP contribution is 2.55. The molecule has 0 heterocycles. The van der Waals surface area contributed by atoms with E-state index in [0.29, 0.717) is 0 Å². The fourth-order valence-electron chi connectivity index (χ4n) is 2.26. The van der Waals surface area contributed by atoms with Gasteiger partial charge in [-0.2, -0.15) is 61.5 Å². The molecule has 0 aromatic heterocycles. The summed E-state index contributed by atoms with van der Waals surface area (Å²) in [6.07, 6.45) is -14.3. The van der Waals surface area contributed by atoms with Crippen molar-refractivity contribution < 1.29 is 74.6 Å². The van der Waals surface area contributed by atoms with Crippen molar-refractivity contribution in [1.82, 2.24) is 0 Å². The average molecular weight is 511 g/mol. The SMILES string of the molecule is CCN(c1cc(F)c(F)c(C(F)(F)C(F)(F)F)c1F)C(F)(F)C(F)(F)C(F)(F)C(F)(F)F. The summed E-state index contributed by atoms with van der Waals surface area (Å²) in [4.78, 5) is -1.85. The van der Waals surface area contributed by atoms with Gasteiger partial charge in [-0.15, -0.1) is 0 Å². The lowest BCUT2D eigenvalue weighted by atomic mass is 10.0. The van der Waals surface area contributed by atoms with E-state index < -0.39 is 82.4 Å². The Morgan fingerprint density at radius 1 is 0.656 bits per heavy atom. The Balaban J connectivity index is 3.92. The maximum absolute atomic E-state index is 14.2. The van der Waals surface area contributed by atoms with Crippen LogP contribution in [0.1, 0.15) is 12.5 Å². The van der Waals surface area contributed by atoms with Crippen molar-refractivity contribution in [2.45, 2.75) is 43.1 Å². The number of benzene rings is 1. The first kappa shape index (κ1) is 27.9. The van der Waals surface area contributed by atoms with Crippen molar-refractivity contribution in [2.75, 3.05) is 11.4 Å². The molecule has 1 rings (SSSR count). The normalized spacial score (nSPS) is 14.7. The monoisotopic (exact) mass is 511 g/mol. The molecule has 0 radical (unpaired) electrons. The van der Waals surface area contributed by atoms with Crippen LogP contribution in [0.25, 0.3) is 0 Å². The van der Waals surface area contributed by atoms with Crippen molar-refractivity contribution in [2.24, 2.45) is 0 Å². The third-order valence-electron chi connectivity index (χ3n) is 3.88. The number of rotatable bonds is 6. The second-order valence-electron chi connectivity index (χ2n) is 5.88. The summed E-state index contributed by atoms with van der Waals surface area (Å²) >= 11 is 0. The highest BCUT2D eigenvalue weighted by molar-refractivity contribution is 5.54. The first-order valence-corrected chi connectivity index (χ1v) is 7.51. The molecule has 0 aliphatic carbocycles. The van der Waals surface area contributed by atoms with E-state index in [1.807, 2.05) is 0 Å². The van der Waals surface area contributed by atoms with E-state index in [1.165, 1.54) is 0 Å². The molecule has 0 aliphatic heterocycles. The maximum Gasteiger partial charge on any atom is 0.460 e. The molecular weight excluding hydrogens is 505 g/mol. The van der Waals surface area contributed by atoms with E-state index >= 15 is 0 Å². The Kier molecular flexibility index (Phi) is 6.71. The van der Waals surface area contributed by atoms with Crippen LogP contribution in [0.4, 0.5) is 80.3 Å². The fraction of sp³-hybridized carbons (Fsp3) is 0.571. The minimum Gasteiger partial charge on any atom is -0.305 e. The smallest absolute Gasteiger partial charge is 0.305 e. The molecule has 0 saturated carbocycles. The number of nitrogens with zero attached hydrogens (tertiary/aromatic N) is 1. The van der Waals surface area contributed by atoms with Crippen LogP contribution in [-0.4, -0.2) is 36.8 Å². The van der Waals surface area contributed by atoms with Gasteiger partial charge < -0.3 is 4.90 Å². The minimum absolute atomic E-state index is 0.192. The summed E-state index contributed by atoms with van der Waals surface area (Å²) in [5.41, 5.74) is -6.41. The van der Waals surface area contributed by atoms with E-state index in [1.54, 1.807) is 0 Å². The molecule has 186 valence electrons. The molecule has 18 heteroatoms. The van der Waals surface area contributed by atoms with E-state index in [4.69, 9.17) is 0 Å². The molecule has 0 bridgehead atoms.